The summed E-state index contributed by atoms with van der Waals surface area (Å²) in [4.78, 5) is 22.7. The number of hydrogen-bond donors (Lipinski definition) is 1. The Kier molecular flexibility index (Phi) is 4.35. The number of rotatable bonds is 4. The van der Waals surface area contributed by atoms with E-state index in [2.05, 4.69) is 16.9 Å². The summed E-state index contributed by atoms with van der Waals surface area (Å²) < 4.78 is 4.42. The molecule has 0 aromatic heterocycles. The van der Waals surface area contributed by atoms with Gasteiger partial charge in [-0.3, -0.25) is 4.79 Å². The first-order chi connectivity index (χ1) is 11.1. The minimum atomic E-state index is -1.42. The fourth-order valence-corrected chi connectivity index (χ4v) is 2.57. The van der Waals surface area contributed by atoms with Crippen molar-refractivity contribution in [2.75, 3.05) is 0 Å². The SMILES string of the molecule is O=C1OC(=O)C(C=Cc2ccccc2Cc2ccccc2)C1O. The lowest BCUT2D eigenvalue weighted by Gasteiger charge is -2.07. The Balaban J connectivity index is 1.82. The largest absolute Gasteiger partial charge is 0.391 e. The Labute approximate surface area is 134 Å². The van der Waals surface area contributed by atoms with Gasteiger partial charge in [0, 0.05) is 0 Å². The predicted molar refractivity (Wildman–Crippen MR) is 85.3 cm³/mol. The van der Waals surface area contributed by atoms with Gasteiger partial charge < -0.3 is 9.84 Å². The van der Waals surface area contributed by atoms with Gasteiger partial charge in [0.25, 0.3) is 0 Å². The second kappa shape index (κ2) is 6.58. The van der Waals surface area contributed by atoms with Gasteiger partial charge in [0.05, 0.1) is 0 Å². The van der Waals surface area contributed by atoms with Gasteiger partial charge in [-0.1, -0.05) is 66.7 Å². The standard InChI is InChI=1S/C19H16O4/c20-17-16(18(21)23-19(17)22)11-10-14-8-4-5-9-15(14)12-13-6-2-1-3-7-13/h1-11,16-17,20H,12H2. The molecular weight excluding hydrogens is 292 g/mol. The minimum absolute atomic E-state index is 0.709. The highest BCUT2D eigenvalue weighted by Crippen LogP contribution is 2.21. The molecule has 3 rings (SSSR count). The smallest absolute Gasteiger partial charge is 0.343 e. The summed E-state index contributed by atoms with van der Waals surface area (Å²) in [5.74, 6) is -2.53. The fourth-order valence-electron chi connectivity index (χ4n) is 2.57. The maximum absolute atomic E-state index is 11.5. The predicted octanol–water partition coefficient (Wildman–Crippen LogP) is 2.35. The quantitative estimate of drug-likeness (QED) is 0.695. The Hall–Kier alpha value is -2.72. The monoisotopic (exact) mass is 308 g/mol. The van der Waals surface area contributed by atoms with Gasteiger partial charge in [0.15, 0.2) is 6.10 Å². The number of esters is 2. The summed E-state index contributed by atoms with van der Waals surface area (Å²) in [5, 5.41) is 9.66. The number of aliphatic hydroxyl groups excluding tert-OH is 1. The van der Waals surface area contributed by atoms with E-state index in [-0.39, 0.29) is 0 Å². The average molecular weight is 308 g/mol. The summed E-state index contributed by atoms with van der Waals surface area (Å²) in [5.41, 5.74) is 3.22. The van der Waals surface area contributed by atoms with Crippen molar-refractivity contribution < 1.29 is 19.4 Å². The van der Waals surface area contributed by atoms with Crippen molar-refractivity contribution >= 4 is 18.0 Å². The lowest BCUT2D eigenvalue weighted by atomic mass is 9.97. The molecule has 1 aliphatic rings. The summed E-state index contributed by atoms with van der Waals surface area (Å²) >= 11 is 0. The first-order valence-electron chi connectivity index (χ1n) is 7.39. The number of aliphatic hydroxyl groups is 1. The van der Waals surface area contributed by atoms with Crippen LogP contribution in [-0.4, -0.2) is 23.1 Å². The van der Waals surface area contributed by atoms with E-state index in [4.69, 9.17) is 0 Å². The number of ether oxygens (including phenoxy) is 1. The van der Waals surface area contributed by atoms with Crippen LogP contribution in [0.1, 0.15) is 16.7 Å². The molecule has 2 aromatic carbocycles. The molecule has 4 nitrogen and oxygen atoms in total. The topological polar surface area (TPSA) is 63.6 Å². The molecule has 2 atom stereocenters. The van der Waals surface area contributed by atoms with Crippen molar-refractivity contribution in [1.29, 1.82) is 0 Å². The fraction of sp³-hybridized carbons (Fsp3) is 0.158. The van der Waals surface area contributed by atoms with Crippen molar-refractivity contribution in [3.63, 3.8) is 0 Å². The van der Waals surface area contributed by atoms with Gasteiger partial charge in [-0.15, -0.1) is 0 Å². The lowest BCUT2D eigenvalue weighted by molar-refractivity contribution is -0.154. The molecule has 1 saturated heterocycles. The highest BCUT2D eigenvalue weighted by atomic mass is 16.6. The third-order valence-corrected chi connectivity index (χ3v) is 3.83. The third-order valence-electron chi connectivity index (χ3n) is 3.83. The van der Waals surface area contributed by atoms with Gasteiger partial charge in [-0.2, -0.15) is 0 Å². The number of carbonyl (C=O) groups is 2. The van der Waals surface area contributed by atoms with Crippen LogP contribution in [0, 0.1) is 5.92 Å². The van der Waals surface area contributed by atoms with Gasteiger partial charge in [-0.25, -0.2) is 4.79 Å². The van der Waals surface area contributed by atoms with E-state index in [1.165, 1.54) is 11.6 Å². The molecule has 1 fully saturated rings. The Morgan fingerprint density at radius 2 is 1.65 bits per heavy atom. The zero-order valence-corrected chi connectivity index (χ0v) is 12.4. The van der Waals surface area contributed by atoms with Gasteiger partial charge in [0.2, 0.25) is 0 Å². The third kappa shape index (κ3) is 3.38. The molecule has 116 valence electrons. The Bertz CT molecular complexity index is 749. The van der Waals surface area contributed by atoms with E-state index in [1.54, 1.807) is 6.08 Å². The normalized spacial score (nSPS) is 20.9. The summed E-state index contributed by atoms with van der Waals surface area (Å²) in [7, 11) is 0. The number of carbonyl (C=O) groups excluding carboxylic acids is 2. The summed E-state index contributed by atoms with van der Waals surface area (Å²) in [6, 6.07) is 17.9. The lowest BCUT2D eigenvalue weighted by Crippen LogP contribution is -2.21. The molecule has 0 radical (unpaired) electrons. The van der Waals surface area contributed by atoms with E-state index in [0.29, 0.717) is 0 Å². The van der Waals surface area contributed by atoms with Crippen molar-refractivity contribution in [3.05, 3.63) is 77.4 Å². The number of cyclic esters (lactones) is 2. The first-order valence-corrected chi connectivity index (χ1v) is 7.39. The van der Waals surface area contributed by atoms with Crippen molar-refractivity contribution in [2.24, 2.45) is 5.92 Å². The molecule has 1 heterocycles. The van der Waals surface area contributed by atoms with E-state index in [0.717, 1.165) is 17.5 Å². The maximum atomic E-state index is 11.5. The molecule has 0 spiro atoms. The van der Waals surface area contributed by atoms with Gasteiger partial charge in [0.1, 0.15) is 5.92 Å². The highest BCUT2D eigenvalue weighted by Gasteiger charge is 2.41. The zero-order chi connectivity index (χ0) is 16.2. The van der Waals surface area contributed by atoms with Crippen LogP contribution in [0.25, 0.3) is 6.08 Å². The van der Waals surface area contributed by atoms with Crippen LogP contribution in [0.5, 0.6) is 0 Å². The van der Waals surface area contributed by atoms with E-state index >= 15 is 0 Å². The van der Waals surface area contributed by atoms with Gasteiger partial charge in [-0.05, 0) is 23.1 Å². The van der Waals surface area contributed by atoms with Crippen LogP contribution in [-0.2, 0) is 20.7 Å². The van der Waals surface area contributed by atoms with Crippen LogP contribution in [0.3, 0.4) is 0 Å². The molecule has 0 amide bonds. The molecule has 4 heteroatoms. The molecular formula is C19H16O4. The van der Waals surface area contributed by atoms with Crippen LogP contribution in [0.15, 0.2) is 60.7 Å². The highest BCUT2D eigenvalue weighted by molar-refractivity contribution is 5.99. The molecule has 2 aromatic rings. The van der Waals surface area contributed by atoms with Crippen LogP contribution < -0.4 is 0 Å². The molecule has 1 N–H and O–H groups in total. The van der Waals surface area contributed by atoms with E-state index < -0.39 is 24.0 Å². The van der Waals surface area contributed by atoms with E-state index in [1.807, 2.05) is 42.5 Å². The first kappa shape index (κ1) is 15.2. The Morgan fingerprint density at radius 3 is 2.35 bits per heavy atom. The molecule has 0 aliphatic carbocycles. The average Bonchev–Trinajstić information content (AvgIpc) is 2.80. The second-order valence-corrected chi connectivity index (χ2v) is 5.43. The molecule has 1 aliphatic heterocycles. The Morgan fingerprint density at radius 1 is 0.957 bits per heavy atom. The van der Waals surface area contributed by atoms with Crippen molar-refractivity contribution in [2.45, 2.75) is 12.5 Å². The molecule has 0 bridgehead atoms. The summed E-state index contributed by atoms with van der Waals surface area (Å²) in [6.45, 7) is 0. The number of benzene rings is 2. The zero-order valence-electron chi connectivity index (χ0n) is 12.4. The number of hydrogen-bond acceptors (Lipinski definition) is 4. The van der Waals surface area contributed by atoms with Crippen molar-refractivity contribution in [1.82, 2.24) is 0 Å². The van der Waals surface area contributed by atoms with Crippen LogP contribution in [0.2, 0.25) is 0 Å². The van der Waals surface area contributed by atoms with Gasteiger partial charge >= 0.3 is 11.9 Å². The minimum Gasteiger partial charge on any atom is -0.391 e. The maximum Gasteiger partial charge on any atom is 0.343 e. The molecule has 0 saturated carbocycles. The van der Waals surface area contributed by atoms with Crippen LogP contribution in [0.4, 0.5) is 0 Å². The molecule has 23 heavy (non-hydrogen) atoms. The van der Waals surface area contributed by atoms with Crippen LogP contribution >= 0.6 is 0 Å². The second-order valence-electron chi connectivity index (χ2n) is 5.43. The molecule has 2 unspecified atom stereocenters. The summed E-state index contributed by atoms with van der Waals surface area (Å²) in [6.07, 6.45) is 2.63. The van der Waals surface area contributed by atoms with Crippen molar-refractivity contribution in [3.8, 4) is 0 Å². The van der Waals surface area contributed by atoms with E-state index in [9.17, 15) is 14.7 Å².